The van der Waals surface area contributed by atoms with Gasteiger partial charge in [0.15, 0.2) is 0 Å². The fourth-order valence-corrected chi connectivity index (χ4v) is 0.637. The second kappa shape index (κ2) is 7.05. The van der Waals surface area contributed by atoms with Crippen LogP contribution in [0.2, 0.25) is 0 Å². The van der Waals surface area contributed by atoms with Gasteiger partial charge in [0.1, 0.15) is 6.61 Å². The molecule has 0 aromatic carbocycles. The Labute approximate surface area is 60.0 Å². The van der Waals surface area contributed by atoms with E-state index in [0.29, 0.717) is 13.1 Å². The zero-order valence-electron chi connectivity index (χ0n) is 5.45. The monoisotopic (exact) mass is 167 g/mol. The van der Waals surface area contributed by atoms with Crippen molar-refractivity contribution < 1.29 is 19.1 Å². The lowest BCUT2D eigenvalue weighted by atomic mass is 10.6. The van der Waals surface area contributed by atoms with E-state index in [4.69, 9.17) is 5.11 Å². The summed E-state index contributed by atoms with van der Waals surface area (Å²) in [5, 5.41) is 11.0. The number of nitrogens with one attached hydrogen (secondary N) is 1. The quantitative estimate of drug-likeness (QED) is 0.375. The topological polar surface area (TPSA) is 81.6 Å². The van der Waals surface area contributed by atoms with Crippen LogP contribution < -0.4 is 10.2 Å². The number of aliphatic hydroxyl groups excluding tert-OH is 1. The highest BCUT2D eigenvalue weighted by atomic mass is 31.1. The Bertz CT molecular complexity index is 99.3. The lowest BCUT2D eigenvalue weighted by Crippen LogP contribution is -2.22. The van der Waals surface area contributed by atoms with Crippen LogP contribution in [0.1, 0.15) is 0 Å². The van der Waals surface area contributed by atoms with Crippen LogP contribution in [0.4, 0.5) is 0 Å². The predicted octanol–water partition coefficient (Wildman–Crippen LogP) is -1.40. The summed E-state index contributed by atoms with van der Waals surface area (Å²) in [7, 11) is -2.72. The first-order valence-corrected chi connectivity index (χ1v) is 3.96. The molecule has 0 aliphatic heterocycles. The number of hydrogen-bond donors (Lipinski definition) is 2. The number of hydrogen-bond acceptors (Lipinski definition) is 5. The van der Waals surface area contributed by atoms with E-state index in [1.165, 1.54) is 0 Å². The zero-order valence-corrected chi connectivity index (χ0v) is 6.34. The van der Waals surface area contributed by atoms with Crippen LogP contribution in [-0.4, -0.2) is 31.4 Å². The first kappa shape index (κ1) is 9.94. The Balaban J connectivity index is 2.84. The molecule has 0 saturated heterocycles. The van der Waals surface area contributed by atoms with E-state index in [2.05, 4.69) is 9.84 Å². The Morgan fingerprint density at radius 2 is 2.30 bits per heavy atom. The molecule has 60 valence electrons. The maximum absolute atomic E-state index is 9.77. The van der Waals surface area contributed by atoms with Crippen LogP contribution in [0.25, 0.3) is 0 Å². The molecule has 0 aromatic heterocycles. The van der Waals surface area contributed by atoms with Gasteiger partial charge in [-0.2, -0.15) is 0 Å². The van der Waals surface area contributed by atoms with Gasteiger partial charge < -0.3 is 15.3 Å². The molecule has 5 nitrogen and oxygen atoms in total. The van der Waals surface area contributed by atoms with Crippen LogP contribution in [0.15, 0.2) is 0 Å². The lowest BCUT2D eigenvalue weighted by Gasteiger charge is -1.96. The molecule has 0 heterocycles. The smallest absolute Gasteiger partial charge is 0.488 e. The third-order valence-corrected chi connectivity index (χ3v) is 1.16. The highest BCUT2D eigenvalue weighted by molar-refractivity contribution is 7.30. The van der Waals surface area contributed by atoms with Crippen molar-refractivity contribution in [3.8, 4) is 0 Å². The van der Waals surface area contributed by atoms with Crippen molar-refractivity contribution >= 4 is 8.25 Å². The van der Waals surface area contributed by atoms with Crippen molar-refractivity contribution in [3.05, 3.63) is 0 Å². The van der Waals surface area contributed by atoms with Gasteiger partial charge in [0, 0.05) is 13.1 Å². The summed E-state index contributed by atoms with van der Waals surface area (Å²) in [4.78, 5) is 9.77. The molecule has 0 fully saturated rings. The summed E-state index contributed by atoms with van der Waals surface area (Å²) in [6, 6.07) is 0. The van der Waals surface area contributed by atoms with E-state index in [1.54, 1.807) is 0 Å². The second-order valence-corrected chi connectivity index (χ2v) is 2.24. The highest BCUT2D eigenvalue weighted by Crippen LogP contribution is 2.05. The Kier molecular flexibility index (Phi) is 7.01. The summed E-state index contributed by atoms with van der Waals surface area (Å²) in [5.41, 5.74) is 0. The summed E-state index contributed by atoms with van der Waals surface area (Å²) < 4.78 is 14.0. The normalized spacial score (nSPS) is 11.6. The average Bonchev–Trinajstić information content (AvgIpc) is 1.87. The molecule has 0 rings (SSSR count). The fourth-order valence-electron chi connectivity index (χ4n) is 0.396. The Morgan fingerprint density at radius 1 is 1.60 bits per heavy atom. The summed E-state index contributed by atoms with van der Waals surface area (Å²) in [6.45, 7) is 1.06. The van der Waals surface area contributed by atoms with Gasteiger partial charge in [-0.05, 0) is 4.57 Å². The van der Waals surface area contributed by atoms with Gasteiger partial charge in [0.25, 0.3) is 0 Å². The molecule has 1 unspecified atom stereocenters. The van der Waals surface area contributed by atoms with Crippen molar-refractivity contribution in [2.75, 3.05) is 26.3 Å². The van der Waals surface area contributed by atoms with Gasteiger partial charge in [-0.1, -0.05) is 0 Å². The predicted molar refractivity (Wildman–Crippen MR) is 33.5 cm³/mol. The van der Waals surface area contributed by atoms with Gasteiger partial charge in [0.2, 0.25) is 0 Å². The molecule has 10 heavy (non-hydrogen) atoms. The molecule has 0 amide bonds. The van der Waals surface area contributed by atoms with Crippen LogP contribution in [0.5, 0.6) is 0 Å². The lowest BCUT2D eigenvalue weighted by molar-refractivity contribution is -0.185. The third kappa shape index (κ3) is 7.94. The molecule has 0 aromatic rings. The first-order valence-electron chi connectivity index (χ1n) is 2.86. The minimum atomic E-state index is -2.72. The summed E-state index contributed by atoms with van der Waals surface area (Å²) in [6.07, 6.45) is 0. The average molecular weight is 167 g/mol. The molecule has 0 aliphatic rings. The van der Waals surface area contributed by atoms with E-state index in [-0.39, 0.29) is 13.2 Å². The van der Waals surface area contributed by atoms with Crippen molar-refractivity contribution in [2.45, 2.75) is 0 Å². The molecule has 0 saturated carbocycles. The summed E-state index contributed by atoms with van der Waals surface area (Å²) in [5.74, 6) is 0. The third-order valence-electron chi connectivity index (χ3n) is 0.764. The van der Waals surface area contributed by atoms with Crippen molar-refractivity contribution in [3.63, 3.8) is 0 Å². The van der Waals surface area contributed by atoms with Gasteiger partial charge in [-0.3, -0.25) is 0 Å². The largest absolute Gasteiger partial charge is 0.566 e. The van der Waals surface area contributed by atoms with E-state index in [1.807, 2.05) is 0 Å². The SMILES string of the molecule is O=[P+]([O-])OCCNCCO. The number of aliphatic hydroxyl groups is 1. The number of rotatable bonds is 6. The molecule has 0 spiro atoms. The van der Waals surface area contributed by atoms with Crippen molar-refractivity contribution in [1.29, 1.82) is 0 Å². The standard InChI is InChI=1S/C4H10NO4P/c6-3-1-5-2-4-9-10(7)8/h5-6H,1-4H2. The minimum absolute atomic E-state index is 0.0452. The van der Waals surface area contributed by atoms with Gasteiger partial charge in [-0.15, -0.1) is 4.52 Å². The fraction of sp³-hybridized carbons (Fsp3) is 1.00. The van der Waals surface area contributed by atoms with E-state index < -0.39 is 8.25 Å². The minimum Gasteiger partial charge on any atom is -0.566 e. The molecule has 1 atom stereocenters. The molecule has 0 aliphatic carbocycles. The van der Waals surface area contributed by atoms with Gasteiger partial charge >= 0.3 is 8.25 Å². The van der Waals surface area contributed by atoms with Crippen LogP contribution in [-0.2, 0) is 9.09 Å². The Hall–Kier alpha value is -0.0600. The zero-order chi connectivity index (χ0) is 7.82. The van der Waals surface area contributed by atoms with Crippen LogP contribution >= 0.6 is 8.25 Å². The summed E-state index contributed by atoms with van der Waals surface area (Å²) >= 11 is 0. The maximum Gasteiger partial charge on any atom is 0.488 e. The van der Waals surface area contributed by atoms with Crippen molar-refractivity contribution in [2.24, 2.45) is 0 Å². The Morgan fingerprint density at radius 3 is 2.80 bits per heavy atom. The molecular weight excluding hydrogens is 157 g/mol. The van der Waals surface area contributed by atoms with Gasteiger partial charge in [0.05, 0.1) is 6.61 Å². The second-order valence-electron chi connectivity index (χ2n) is 1.53. The van der Waals surface area contributed by atoms with E-state index in [0.717, 1.165) is 0 Å². The molecular formula is C4H10NO4P. The molecule has 0 radical (unpaired) electrons. The van der Waals surface area contributed by atoms with Crippen LogP contribution in [0.3, 0.4) is 0 Å². The first-order chi connectivity index (χ1) is 4.77. The van der Waals surface area contributed by atoms with Crippen LogP contribution in [0, 0.1) is 0 Å². The highest BCUT2D eigenvalue weighted by Gasteiger charge is 1.98. The van der Waals surface area contributed by atoms with Gasteiger partial charge in [-0.25, -0.2) is 0 Å². The van der Waals surface area contributed by atoms with E-state index in [9.17, 15) is 9.46 Å². The van der Waals surface area contributed by atoms with E-state index >= 15 is 0 Å². The van der Waals surface area contributed by atoms with Crippen molar-refractivity contribution in [1.82, 2.24) is 5.32 Å². The molecule has 0 bridgehead atoms. The molecule has 2 N–H and O–H groups in total. The molecule has 6 heteroatoms. The maximum atomic E-state index is 9.77.